The zero-order chi connectivity index (χ0) is 16.4. The fraction of sp³-hybridized carbons (Fsp3) is 0.571. The average Bonchev–Trinajstić information content (AvgIpc) is 2.52. The first-order valence-electron chi connectivity index (χ1n) is 7.20. The van der Waals surface area contributed by atoms with Gasteiger partial charge in [0, 0.05) is 4.90 Å². The molecule has 0 aromatic heterocycles. The first-order valence-corrected chi connectivity index (χ1v) is 9.35. The van der Waals surface area contributed by atoms with Crippen LogP contribution >= 0.6 is 12.0 Å². The lowest BCUT2D eigenvalue weighted by molar-refractivity contribution is -0.460. The average molecular weight is 350 g/mol. The minimum absolute atomic E-state index is 0.144. The molecule has 6 nitrogen and oxygen atoms in total. The van der Waals surface area contributed by atoms with E-state index in [9.17, 15) is 8.42 Å². The summed E-state index contributed by atoms with van der Waals surface area (Å²) in [6.45, 7) is 6.34. The predicted molar refractivity (Wildman–Crippen MR) is 83.5 cm³/mol. The van der Waals surface area contributed by atoms with Gasteiger partial charge < -0.3 is 0 Å². The normalized spacial score (nSPS) is 11.8. The molecule has 0 saturated carbocycles. The van der Waals surface area contributed by atoms with Crippen LogP contribution in [0.1, 0.15) is 39.2 Å². The second kappa shape index (κ2) is 10.2. The van der Waals surface area contributed by atoms with E-state index in [0.717, 1.165) is 28.9 Å². The van der Waals surface area contributed by atoms with Gasteiger partial charge in [-0.05, 0) is 43.0 Å². The summed E-state index contributed by atoms with van der Waals surface area (Å²) in [4.78, 5) is 5.65. The summed E-state index contributed by atoms with van der Waals surface area (Å²) in [7, 11) is -3.71. The van der Waals surface area contributed by atoms with Gasteiger partial charge in [-0.3, -0.25) is 4.18 Å². The zero-order valence-electron chi connectivity index (χ0n) is 13.0. The first-order chi connectivity index (χ1) is 10.5. The van der Waals surface area contributed by atoms with Gasteiger partial charge in [0.15, 0.2) is 0 Å². The highest BCUT2D eigenvalue weighted by atomic mass is 32.2. The molecular weight excluding hydrogens is 328 g/mol. The largest absolute Gasteiger partial charge is 0.296 e. The summed E-state index contributed by atoms with van der Waals surface area (Å²) in [5.74, 6) is 0. The highest BCUT2D eigenvalue weighted by molar-refractivity contribution is 7.94. The molecule has 0 aliphatic rings. The summed E-state index contributed by atoms with van der Waals surface area (Å²) in [6, 6.07) is 4.74. The molecule has 0 aliphatic carbocycles. The minimum Gasteiger partial charge on any atom is -0.266 e. The Morgan fingerprint density at radius 1 is 1.09 bits per heavy atom. The molecular formula is C14H22O6S2. The molecule has 0 unspecified atom stereocenters. The maximum Gasteiger partial charge on any atom is 0.296 e. The molecule has 0 fully saturated rings. The predicted octanol–water partition coefficient (Wildman–Crippen LogP) is 3.66. The third kappa shape index (κ3) is 6.23. The molecule has 0 radical (unpaired) electrons. The lowest BCUT2D eigenvalue weighted by atomic mass is 10.2. The van der Waals surface area contributed by atoms with E-state index >= 15 is 0 Å². The quantitative estimate of drug-likeness (QED) is 0.198. The van der Waals surface area contributed by atoms with Gasteiger partial charge in [-0.1, -0.05) is 25.8 Å². The van der Waals surface area contributed by atoms with Crippen molar-refractivity contribution in [3.8, 4) is 0 Å². The summed E-state index contributed by atoms with van der Waals surface area (Å²) >= 11 is 0.976. The van der Waals surface area contributed by atoms with Crippen molar-refractivity contribution in [2.45, 2.75) is 49.8 Å². The maximum absolute atomic E-state index is 12.0. The Kier molecular flexibility index (Phi) is 8.99. The van der Waals surface area contributed by atoms with Gasteiger partial charge in [-0.2, -0.15) is 8.42 Å². The van der Waals surface area contributed by atoms with E-state index < -0.39 is 10.1 Å². The van der Waals surface area contributed by atoms with Crippen LogP contribution in [0.5, 0.6) is 0 Å². The Morgan fingerprint density at radius 3 is 2.45 bits per heavy atom. The van der Waals surface area contributed by atoms with Gasteiger partial charge in [0.2, 0.25) is 0 Å². The lowest BCUT2D eigenvalue weighted by Gasteiger charge is -2.09. The SMILES string of the molecule is CCCOOOSc1ccc(S(=O)(=O)OCCC)cc1CC. The van der Waals surface area contributed by atoms with E-state index in [-0.39, 0.29) is 11.5 Å². The molecule has 1 rings (SSSR count). The fourth-order valence-electron chi connectivity index (χ4n) is 1.52. The Morgan fingerprint density at radius 2 is 1.82 bits per heavy atom. The van der Waals surface area contributed by atoms with Gasteiger partial charge in [-0.25, -0.2) is 4.89 Å². The van der Waals surface area contributed by atoms with Crippen LogP contribution in [0.2, 0.25) is 0 Å². The summed E-state index contributed by atoms with van der Waals surface area (Å²) in [5, 5.41) is 4.55. The molecule has 0 saturated heterocycles. The molecule has 0 spiro atoms. The fourth-order valence-corrected chi connectivity index (χ4v) is 3.14. The van der Waals surface area contributed by atoms with Crippen LogP contribution in [0.4, 0.5) is 0 Å². The number of aryl methyl sites for hydroxylation is 1. The summed E-state index contributed by atoms with van der Waals surface area (Å²) in [6.07, 6.45) is 2.11. The van der Waals surface area contributed by atoms with Crippen molar-refractivity contribution in [1.29, 1.82) is 0 Å². The number of hydrogen-bond donors (Lipinski definition) is 0. The van der Waals surface area contributed by atoms with Gasteiger partial charge >= 0.3 is 0 Å². The molecule has 8 heteroatoms. The second-order valence-electron chi connectivity index (χ2n) is 4.44. The molecule has 1 aromatic rings. The molecule has 0 aliphatic heterocycles. The van der Waals surface area contributed by atoms with Crippen molar-refractivity contribution >= 4 is 22.2 Å². The molecule has 0 atom stereocenters. The molecule has 0 amide bonds. The minimum atomic E-state index is -3.71. The van der Waals surface area contributed by atoms with E-state index in [4.69, 9.17) is 13.4 Å². The Bertz CT molecular complexity index is 544. The van der Waals surface area contributed by atoms with E-state index in [2.05, 4.69) is 5.04 Å². The van der Waals surface area contributed by atoms with Crippen molar-refractivity contribution in [3.63, 3.8) is 0 Å². The highest BCUT2D eigenvalue weighted by Crippen LogP contribution is 2.27. The van der Waals surface area contributed by atoms with Crippen LogP contribution < -0.4 is 0 Å². The zero-order valence-corrected chi connectivity index (χ0v) is 14.7. The molecule has 126 valence electrons. The monoisotopic (exact) mass is 350 g/mol. The Hall–Kier alpha value is -0.640. The molecule has 0 bridgehead atoms. The van der Waals surface area contributed by atoms with Gasteiger partial charge in [-0.15, -0.1) is 4.33 Å². The number of rotatable bonds is 11. The number of benzene rings is 1. The Balaban J connectivity index is 2.74. The maximum atomic E-state index is 12.0. The standard InChI is InChI=1S/C14H22O6S2/c1-4-9-17-19-20-21-14-8-7-13(11-12(14)6-3)22(15,16)18-10-5-2/h7-8,11H,4-6,9-10H2,1-3H3. The molecule has 1 aromatic carbocycles. The highest BCUT2D eigenvalue weighted by Gasteiger charge is 2.17. The van der Waals surface area contributed by atoms with Crippen LogP contribution in [0.25, 0.3) is 0 Å². The van der Waals surface area contributed by atoms with Crippen molar-refractivity contribution < 1.29 is 26.9 Å². The third-order valence-electron chi connectivity index (χ3n) is 2.63. The lowest BCUT2D eigenvalue weighted by Crippen LogP contribution is -2.07. The summed E-state index contributed by atoms with van der Waals surface area (Å²) in [5.41, 5.74) is 0.824. The number of hydrogen-bond acceptors (Lipinski definition) is 7. The molecule has 22 heavy (non-hydrogen) atoms. The molecule has 0 N–H and O–H groups in total. The van der Waals surface area contributed by atoms with Crippen LogP contribution in [-0.4, -0.2) is 21.6 Å². The third-order valence-corrected chi connectivity index (χ3v) is 4.64. The van der Waals surface area contributed by atoms with E-state index in [1.807, 2.05) is 20.8 Å². The van der Waals surface area contributed by atoms with Crippen LogP contribution in [-0.2, 0) is 35.0 Å². The van der Waals surface area contributed by atoms with Crippen molar-refractivity contribution in [1.82, 2.24) is 0 Å². The van der Waals surface area contributed by atoms with Crippen molar-refractivity contribution in [2.75, 3.05) is 13.2 Å². The van der Waals surface area contributed by atoms with Crippen LogP contribution in [0, 0.1) is 0 Å². The Labute approximate surface area is 136 Å². The van der Waals surface area contributed by atoms with E-state index in [1.165, 1.54) is 6.07 Å². The van der Waals surface area contributed by atoms with Crippen LogP contribution in [0.3, 0.4) is 0 Å². The summed E-state index contributed by atoms with van der Waals surface area (Å²) < 4.78 is 33.8. The van der Waals surface area contributed by atoms with Gasteiger partial charge in [0.25, 0.3) is 10.1 Å². The van der Waals surface area contributed by atoms with Gasteiger partial charge in [0.1, 0.15) is 0 Å². The van der Waals surface area contributed by atoms with Crippen LogP contribution in [0.15, 0.2) is 28.0 Å². The van der Waals surface area contributed by atoms with Crippen molar-refractivity contribution in [3.05, 3.63) is 23.8 Å². The topological polar surface area (TPSA) is 71.1 Å². The smallest absolute Gasteiger partial charge is 0.266 e. The van der Waals surface area contributed by atoms with Gasteiger partial charge in [0.05, 0.1) is 30.2 Å². The second-order valence-corrected chi connectivity index (χ2v) is 6.80. The molecule has 0 heterocycles. The van der Waals surface area contributed by atoms with E-state index in [1.54, 1.807) is 12.1 Å². The van der Waals surface area contributed by atoms with Crippen molar-refractivity contribution in [2.24, 2.45) is 0 Å². The van der Waals surface area contributed by atoms with E-state index in [0.29, 0.717) is 19.4 Å². The first kappa shape index (κ1) is 19.4.